The Morgan fingerprint density at radius 1 is 1.43 bits per heavy atom. The van der Waals surface area contributed by atoms with Gasteiger partial charge >= 0.3 is 5.97 Å². The van der Waals surface area contributed by atoms with E-state index in [1.54, 1.807) is 0 Å². The fraction of sp³-hybridized carbons (Fsp3) is 0.909. The predicted molar refractivity (Wildman–Crippen MR) is 56.2 cm³/mol. The summed E-state index contributed by atoms with van der Waals surface area (Å²) in [5.41, 5.74) is 0. The molecule has 0 aromatic heterocycles. The van der Waals surface area contributed by atoms with Crippen molar-refractivity contribution in [2.45, 2.75) is 45.6 Å². The number of nitrogens with one attached hydrogen (secondary N) is 1. The lowest BCUT2D eigenvalue weighted by Gasteiger charge is -2.20. The van der Waals surface area contributed by atoms with Crippen LogP contribution in [0.1, 0.15) is 39.5 Å². The molecule has 1 fully saturated rings. The third kappa shape index (κ3) is 3.29. The Hall–Kier alpha value is -0.570. The Kier molecular flexibility index (Phi) is 4.39. The number of aliphatic carboxylic acids is 1. The van der Waals surface area contributed by atoms with E-state index in [-0.39, 0.29) is 12.0 Å². The van der Waals surface area contributed by atoms with Gasteiger partial charge in [0.2, 0.25) is 0 Å². The lowest BCUT2D eigenvalue weighted by atomic mass is 10.0. The van der Waals surface area contributed by atoms with E-state index in [2.05, 4.69) is 5.32 Å². The molecule has 14 heavy (non-hydrogen) atoms. The summed E-state index contributed by atoms with van der Waals surface area (Å²) in [6.07, 6.45) is 5.15. The Balaban J connectivity index is 2.28. The molecule has 82 valence electrons. The fourth-order valence-electron chi connectivity index (χ4n) is 2.12. The topological polar surface area (TPSA) is 49.3 Å². The number of carboxylic acid groups (broad SMARTS) is 1. The first-order chi connectivity index (χ1) is 6.61. The molecule has 2 N–H and O–H groups in total. The highest BCUT2D eigenvalue weighted by molar-refractivity contribution is 5.73. The van der Waals surface area contributed by atoms with Gasteiger partial charge in [0.25, 0.3) is 0 Å². The van der Waals surface area contributed by atoms with E-state index in [4.69, 9.17) is 5.11 Å². The van der Waals surface area contributed by atoms with Crippen molar-refractivity contribution in [3.63, 3.8) is 0 Å². The second-order valence-corrected chi connectivity index (χ2v) is 4.62. The highest BCUT2D eigenvalue weighted by Crippen LogP contribution is 2.24. The SMILES string of the molecule is CC(C)C(NCC1CCCC1)C(=O)O. The van der Waals surface area contributed by atoms with Gasteiger partial charge in [0, 0.05) is 0 Å². The molecule has 0 radical (unpaired) electrons. The molecule has 1 aliphatic carbocycles. The Bertz CT molecular complexity index is 186. The zero-order valence-corrected chi connectivity index (χ0v) is 9.12. The molecular formula is C11H21NO2. The van der Waals surface area contributed by atoms with Gasteiger partial charge in [-0.3, -0.25) is 4.79 Å². The lowest BCUT2D eigenvalue weighted by Crippen LogP contribution is -2.42. The standard InChI is InChI=1S/C11H21NO2/c1-8(2)10(11(13)14)12-7-9-5-3-4-6-9/h8-10,12H,3-7H2,1-2H3,(H,13,14). The van der Waals surface area contributed by atoms with Crippen molar-refractivity contribution in [3.05, 3.63) is 0 Å². The summed E-state index contributed by atoms with van der Waals surface area (Å²) in [5.74, 6) is 0.141. The molecule has 1 atom stereocenters. The highest BCUT2D eigenvalue weighted by atomic mass is 16.4. The summed E-state index contributed by atoms with van der Waals surface area (Å²) in [5, 5.41) is 12.1. The van der Waals surface area contributed by atoms with Crippen LogP contribution in [0.15, 0.2) is 0 Å². The lowest BCUT2D eigenvalue weighted by molar-refractivity contribution is -0.140. The van der Waals surface area contributed by atoms with Gasteiger partial charge in [-0.1, -0.05) is 26.7 Å². The minimum absolute atomic E-state index is 0.161. The van der Waals surface area contributed by atoms with E-state index in [9.17, 15) is 4.79 Å². The maximum Gasteiger partial charge on any atom is 0.320 e. The largest absolute Gasteiger partial charge is 0.480 e. The molecule has 0 heterocycles. The monoisotopic (exact) mass is 199 g/mol. The Labute approximate surface area is 85.9 Å². The van der Waals surface area contributed by atoms with Gasteiger partial charge in [-0.05, 0) is 31.2 Å². The van der Waals surface area contributed by atoms with Crippen LogP contribution in [0, 0.1) is 11.8 Å². The van der Waals surface area contributed by atoms with Gasteiger partial charge in [0.1, 0.15) is 6.04 Å². The normalized spacial score (nSPS) is 20.2. The second-order valence-electron chi connectivity index (χ2n) is 4.62. The maximum absolute atomic E-state index is 10.9. The van der Waals surface area contributed by atoms with Crippen LogP contribution in [0.3, 0.4) is 0 Å². The first-order valence-electron chi connectivity index (χ1n) is 5.57. The summed E-state index contributed by atoms with van der Waals surface area (Å²) >= 11 is 0. The summed E-state index contributed by atoms with van der Waals surface area (Å²) < 4.78 is 0. The summed E-state index contributed by atoms with van der Waals surface area (Å²) in [6, 6.07) is -0.379. The van der Waals surface area contributed by atoms with Crippen LogP contribution in [0.4, 0.5) is 0 Å². The van der Waals surface area contributed by atoms with Crippen molar-refractivity contribution in [2.75, 3.05) is 6.54 Å². The summed E-state index contributed by atoms with van der Waals surface area (Å²) in [6.45, 7) is 4.76. The number of hydrogen-bond acceptors (Lipinski definition) is 2. The van der Waals surface area contributed by atoms with Crippen LogP contribution < -0.4 is 5.32 Å². The fourth-order valence-corrected chi connectivity index (χ4v) is 2.12. The van der Waals surface area contributed by atoms with E-state index in [1.807, 2.05) is 13.8 Å². The number of carbonyl (C=O) groups is 1. The molecule has 0 aromatic rings. The predicted octanol–water partition coefficient (Wildman–Crippen LogP) is 1.88. The zero-order valence-electron chi connectivity index (χ0n) is 9.12. The molecule has 0 aliphatic heterocycles. The van der Waals surface area contributed by atoms with Crippen molar-refractivity contribution in [2.24, 2.45) is 11.8 Å². The minimum Gasteiger partial charge on any atom is -0.480 e. The first kappa shape index (κ1) is 11.5. The van der Waals surface area contributed by atoms with Gasteiger partial charge in [-0.25, -0.2) is 0 Å². The van der Waals surface area contributed by atoms with Gasteiger partial charge in [-0.15, -0.1) is 0 Å². The van der Waals surface area contributed by atoms with Crippen LogP contribution in [0.25, 0.3) is 0 Å². The highest BCUT2D eigenvalue weighted by Gasteiger charge is 2.23. The third-order valence-electron chi connectivity index (χ3n) is 3.03. The molecule has 1 rings (SSSR count). The smallest absolute Gasteiger partial charge is 0.320 e. The van der Waals surface area contributed by atoms with Crippen molar-refractivity contribution in [1.29, 1.82) is 0 Å². The summed E-state index contributed by atoms with van der Waals surface area (Å²) in [7, 11) is 0. The summed E-state index contributed by atoms with van der Waals surface area (Å²) in [4.78, 5) is 10.9. The molecule has 0 aromatic carbocycles. The third-order valence-corrected chi connectivity index (χ3v) is 3.03. The van der Waals surface area contributed by atoms with E-state index in [1.165, 1.54) is 25.7 Å². The molecule has 0 spiro atoms. The number of hydrogen-bond donors (Lipinski definition) is 2. The van der Waals surface area contributed by atoms with E-state index >= 15 is 0 Å². The van der Waals surface area contributed by atoms with Gasteiger partial charge in [0.15, 0.2) is 0 Å². The molecule has 1 saturated carbocycles. The molecule has 3 heteroatoms. The molecule has 3 nitrogen and oxygen atoms in total. The number of carboxylic acids is 1. The van der Waals surface area contributed by atoms with Crippen molar-refractivity contribution in [1.82, 2.24) is 5.32 Å². The molecule has 1 aliphatic rings. The Morgan fingerprint density at radius 2 is 2.00 bits per heavy atom. The van der Waals surface area contributed by atoms with Crippen molar-refractivity contribution < 1.29 is 9.90 Å². The van der Waals surface area contributed by atoms with Crippen LogP contribution in [-0.4, -0.2) is 23.7 Å². The average molecular weight is 199 g/mol. The van der Waals surface area contributed by atoms with Crippen LogP contribution in [-0.2, 0) is 4.79 Å². The Morgan fingerprint density at radius 3 is 2.43 bits per heavy atom. The number of rotatable bonds is 5. The minimum atomic E-state index is -0.724. The zero-order chi connectivity index (χ0) is 10.6. The molecule has 0 bridgehead atoms. The van der Waals surface area contributed by atoms with Gasteiger partial charge in [0.05, 0.1) is 0 Å². The average Bonchev–Trinajstić information content (AvgIpc) is 2.55. The van der Waals surface area contributed by atoms with Crippen molar-refractivity contribution >= 4 is 5.97 Å². The van der Waals surface area contributed by atoms with Crippen LogP contribution in [0.2, 0.25) is 0 Å². The maximum atomic E-state index is 10.9. The molecule has 0 saturated heterocycles. The first-order valence-corrected chi connectivity index (χ1v) is 5.57. The second kappa shape index (κ2) is 5.35. The van der Waals surface area contributed by atoms with Crippen LogP contribution >= 0.6 is 0 Å². The van der Waals surface area contributed by atoms with Crippen LogP contribution in [0.5, 0.6) is 0 Å². The van der Waals surface area contributed by atoms with E-state index < -0.39 is 5.97 Å². The van der Waals surface area contributed by atoms with E-state index in [0.717, 1.165) is 6.54 Å². The van der Waals surface area contributed by atoms with Gasteiger partial charge < -0.3 is 10.4 Å². The van der Waals surface area contributed by atoms with Crippen molar-refractivity contribution in [3.8, 4) is 0 Å². The molecule has 1 unspecified atom stereocenters. The van der Waals surface area contributed by atoms with E-state index in [0.29, 0.717) is 5.92 Å². The quantitative estimate of drug-likeness (QED) is 0.710. The molecular weight excluding hydrogens is 178 g/mol. The molecule has 0 amide bonds. The van der Waals surface area contributed by atoms with Gasteiger partial charge in [-0.2, -0.15) is 0 Å².